The van der Waals surface area contributed by atoms with Gasteiger partial charge in [-0.05, 0) is 47.0 Å². The number of methoxy groups -OCH3 is 1. The Bertz CT molecular complexity index is 1900. The molecule has 0 spiro atoms. The topological polar surface area (TPSA) is 120 Å². The number of alkyl halides is 1. The maximum atomic E-state index is 16.3. The minimum Gasteiger partial charge on any atom is -0.497 e. The number of aromatic nitrogens is 4. The molecule has 250 valence electrons. The molecule has 12 heteroatoms. The first-order chi connectivity index (χ1) is 22.9. The fourth-order valence-corrected chi connectivity index (χ4v) is 7.22. The molecule has 1 aliphatic rings. The van der Waals surface area contributed by atoms with E-state index in [2.05, 4.69) is 15.3 Å². The van der Waals surface area contributed by atoms with Crippen molar-refractivity contribution < 1.29 is 23.1 Å². The molecule has 3 heterocycles. The van der Waals surface area contributed by atoms with Crippen molar-refractivity contribution in [3.05, 3.63) is 118 Å². The monoisotopic (exact) mass is 669 g/mol. The Morgan fingerprint density at radius 2 is 1.54 bits per heavy atom. The molecule has 1 saturated heterocycles. The summed E-state index contributed by atoms with van der Waals surface area (Å²) < 4.78 is 35.4. The SMILES string of the molecule is COc1ccc(C(Nc2nc3c(ncn3[C@@H]3O[C@H](C=O)[C@@H](O[Si](C)(C)C(C)(C)C)[C@@H]3F)c(=O)[nH]2)(c2ccccc2)c2ccccc2)cc1. The van der Waals surface area contributed by atoms with E-state index in [1.807, 2.05) is 119 Å². The van der Waals surface area contributed by atoms with Gasteiger partial charge in [0.25, 0.3) is 5.56 Å². The van der Waals surface area contributed by atoms with Crippen LogP contribution < -0.4 is 15.6 Å². The second kappa shape index (κ2) is 12.8. The molecule has 1 aliphatic heterocycles. The molecule has 0 unspecified atom stereocenters. The van der Waals surface area contributed by atoms with Crippen molar-refractivity contribution in [2.45, 2.75) is 69.0 Å². The molecule has 6 rings (SSSR count). The van der Waals surface area contributed by atoms with Crippen LogP contribution in [0.15, 0.2) is 96.1 Å². The Balaban J connectivity index is 1.47. The van der Waals surface area contributed by atoms with Crippen molar-refractivity contribution in [1.29, 1.82) is 0 Å². The molecular formula is C36H40FN5O5Si. The van der Waals surface area contributed by atoms with E-state index in [4.69, 9.17) is 18.9 Å². The summed E-state index contributed by atoms with van der Waals surface area (Å²) in [4.78, 5) is 37.6. The number of aromatic amines is 1. The van der Waals surface area contributed by atoms with Crippen LogP contribution in [-0.4, -0.2) is 59.6 Å². The molecule has 2 N–H and O–H groups in total. The molecule has 10 nitrogen and oxygen atoms in total. The Morgan fingerprint density at radius 1 is 0.958 bits per heavy atom. The summed E-state index contributed by atoms with van der Waals surface area (Å²) in [5.74, 6) is 0.805. The molecule has 0 radical (unpaired) electrons. The van der Waals surface area contributed by atoms with Crippen LogP contribution in [0, 0.1) is 0 Å². The zero-order chi connectivity index (χ0) is 34.3. The number of anilines is 1. The lowest BCUT2D eigenvalue weighted by atomic mass is 9.77. The third kappa shape index (κ3) is 5.84. The second-order valence-corrected chi connectivity index (χ2v) is 18.2. The summed E-state index contributed by atoms with van der Waals surface area (Å²) in [5, 5.41) is 3.33. The van der Waals surface area contributed by atoms with Crippen LogP contribution >= 0.6 is 0 Å². The quantitative estimate of drug-likeness (QED) is 0.100. The van der Waals surface area contributed by atoms with Gasteiger partial charge in [0.05, 0.1) is 13.4 Å². The highest BCUT2D eigenvalue weighted by atomic mass is 28.4. The van der Waals surface area contributed by atoms with Crippen molar-refractivity contribution in [3.63, 3.8) is 0 Å². The zero-order valence-electron chi connectivity index (χ0n) is 27.8. The van der Waals surface area contributed by atoms with E-state index in [1.54, 1.807) is 7.11 Å². The fraction of sp³-hybridized carbons (Fsp3) is 0.333. The van der Waals surface area contributed by atoms with Crippen LogP contribution in [-0.2, 0) is 19.5 Å². The summed E-state index contributed by atoms with van der Waals surface area (Å²) in [6.45, 7) is 10.1. The molecule has 2 aromatic heterocycles. The minimum absolute atomic E-state index is 0.00207. The summed E-state index contributed by atoms with van der Waals surface area (Å²) in [7, 11) is -0.870. The van der Waals surface area contributed by atoms with Crippen molar-refractivity contribution in [3.8, 4) is 5.75 Å². The molecule has 0 amide bonds. The van der Waals surface area contributed by atoms with Gasteiger partial charge >= 0.3 is 0 Å². The zero-order valence-corrected chi connectivity index (χ0v) is 28.8. The first-order valence-corrected chi connectivity index (χ1v) is 18.7. The van der Waals surface area contributed by atoms with E-state index in [0.29, 0.717) is 12.0 Å². The summed E-state index contributed by atoms with van der Waals surface area (Å²) in [6.07, 6.45) is -3.40. The third-order valence-electron chi connectivity index (χ3n) is 9.53. The Morgan fingerprint density at radius 3 is 2.08 bits per heavy atom. The maximum Gasteiger partial charge on any atom is 0.280 e. The lowest BCUT2D eigenvalue weighted by Crippen LogP contribution is -2.48. The van der Waals surface area contributed by atoms with E-state index in [1.165, 1.54) is 10.9 Å². The molecule has 3 aromatic carbocycles. The molecule has 0 aliphatic carbocycles. The van der Waals surface area contributed by atoms with Crippen LogP contribution in [0.1, 0.15) is 43.7 Å². The summed E-state index contributed by atoms with van der Waals surface area (Å²) in [5.41, 5.74) is 1.12. The Hall–Kier alpha value is -4.65. The Labute approximate surface area is 279 Å². The number of imidazole rings is 1. The number of benzene rings is 3. The third-order valence-corrected chi connectivity index (χ3v) is 14.0. The van der Waals surface area contributed by atoms with Crippen molar-refractivity contribution >= 4 is 31.7 Å². The largest absolute Gasteiger partial charge is 0.497 e. The average Bonchev–Trinajstić information content (AvgIpc) is 3.64. The number of hydrogen-bond acceptors (Lipinski definition) is 8. The van der Waals surface area contributed by atoms with Crippen LogP contribution in [0.25, 0.3) is 11.2 Å². The van der Waals surface area contributed by atoms with Gasteiger partial charge in [0.1, 0.15) is 23.5 Å². The highest BCUT2D eigenvalue weighted by Crippen LogP contribution is 2.43. The van der Waals surface area contributed by atoms with Crippen molar-refractivity contribution in [1.82, 2.24) is 19.5 Å². The summed E-state index contributed by atoms with van der Waals surface area (Å²) >= 11 is 0. The minimum atomic E-state index is -2.48. The maximum absolute atomic E-state index is 16.3. The van der Waals surface area contributed by atoms with E-state index in [-0.39, 0.29) is 22.2 Å². The molecule has 0 bridgehead atoms. The normalized spacial score (nSPS) is 20.1. The van der Waals surface area contributed by atoms with Gasteiger partial charge in [-0.3, -0.25) is 14.3 Å². The van der Waals surface area contributed by atoms with E-state index < -0.39 is 44.0 Å². The fourth-order valence-electron chi connectivity index (χ4n) is 5.92. The van der Waals surface area contributed by atoms with Gasteiger partial charge in [-0.1, -0.05) is 93.6 Å². The standard InChI is InChI=1S/C36H40FN5O5Si/c1-35(2,3)48(5,6)47-30-27(21-43)46-33(28(30)37)42-22-38-29-31(42)39-34(40-32(29)44)41-36(23-13-9-7-10-14-23,24-15-11-8-12-16-24)25-17-19-26(45-4)20-18-25/h7-22,27-28,30,33H,1-6H3,(H2,39,40,41,44)/t27-,28+,30-,33-/m1/s1. The average molecular weight is 670 g/mol. The van der Waals surface area contributed by atoms with Gasteiger partial charge < -0.3 is 24.0 Å². The van der Waals surface area contributed by atoms with Gasteiger partial charge in [-0.15, -0.1) is 0 Å². The van der Waals surface area contributed by atoms with Crippen molar-refractivity contribution in [2.24, 2.45) is 0 Å². The number of nitrogens with one attached hydrogen (secondary N) is 2. The van der Waals surface area contributed by atoms with Gasteiger partial charge in [-0.25, -0.2) is 9.37 Å². The van der Waals surface area contributed by atoms with Crippen LogP contribution in [0.3, 0.4) is 0 Å². The predicted octanol–water partition coefficient (Wildman–Crippen LogP) is 6.36. The number of halogens is 1. The molecule has 4 atom stereocenters. The number of carbonyl (C=O) groups is 1. The molecule has 5 aromatic rings. The lowest BCUT2D eigenvalue weighted by Gasteiger charge is -2.39. The first kappa shape index (κ1) is 33.3. The van der Waals surface area contributed by atoms with Gasteiger partial charge in [0.2, 0.25) is 5.95 Å². The van der Waals surface area contributed by atoms with E-state index in [0.717, 1.165) is 16.7 Å². The lowest BCUT2D eigenvalue weighted by molar-refractivity contribution is -0.122. The molecule has 0 saturated carbocycles. The number of aldehydes is 1. The van der Waals surface area contributed by atoms with Gasteiger partial charge in [-0.2, -0.15) is 4.98 Å². The van der Waals surface area contributed by atoms with Gasteiger partial charge in [0.15, 0.2) is 38.2 Å². The highest BCUT2D eigenvalue weighted by molar-refractivity contribution is 6.74. The number of hydrogen-bond donors (Lipinski definition) is 2. The van der Waals surface area contributed by atoms with Crippen LogP contribution in [0.4, 0.5) is 10.3 Å². The predicted molar refractivity (Wildman–Crippen MR) is 184 cm³/mol. The van der Waals surface area contributed by atoms with E-state index in [9.17, 15) is 9.59 Å². The number of rotatable bonds is 10. The molecule has 48 heavy (non-hydrogen) atoms. The Kier molecular flexibility index (Phi) is 8.83. The number of carbonyl (C=O) groups excluding carboxylic acids is 1. The van der Waals surface area contributed by atoms with E-state index >= 15 is 4.39 Å². The second-order valence-electron chi connectivity index (χ2n) is 13.5. The molecule has 1 fully saturated rings. The first-order valence-electron chi connectivity index (χ1n) is 15.8. The molecular weight excluding hydrogens is 630 g/mol. The highest BCUT2D eigenvalue weighted by Gasteiger charge is 2.51. The number of nitrogens with zero attached hydrogens (tertiary/aromatic N) is 3. The number of fused-ring (bicyclic) bond motifs is 1. The van der Waals surface area contributed by atoms with Crippen molar-refractivity contribution in [2.75, 3.05) is 12.4 Å². The van der Waals surface area contributed by atoms with Crippen LogP contribution in [0.5, 0.6) is 5.75 Å². The van der Waals surface area contributed by atoms with Crippen LogP contribution in [0.2, 0.25) is 18.1 Å². The number of H-pyrrole nitrogens is 1. The number of ether oxygens (including phenoxy) is 2. The summed E-state index contributed by atoms with van der Waals surface area (Å²) in [6, 6.07) is 27.3. The smallest absolute Gasteiger partial charge is 0.280 e. The van der Waals surface area contributed by atoms with Gasteiger partial charge in [0, 0.05) is 0 Å².